The summed E-state index contributed by atoms with van der Waals surface area (Å²) in [7, 11) is 1.66. The molecule has 1 N–H and O–H groups in total. The van der Waals surface area contributed by atoms with Crippen molar-refractivity contribution in [1.29, 1.82) is 0 Å². The smallest absolute Gasteiger partial charge is 0.226 e. The SMILES string of the molecule is COc1ccc(CCNC(=O)C2CN(c3nc4ccccc4s3)C2)cc1. The number of thiazole rings is 1. The molecule has 0 spiro atoms. The van der Waals surface area contributed by atoms with Gasteiger partial charge in [0.25, 0.3) is 0 Å². The molecule has 0 unspecified atom stereocenters. The fourth-order valence-corrected chi connectivity index (χ4v) is 4.05. The van der Waals surface area contributed by atoms with Crippen molar-refractivity contribution >= 4 is 32.6 Å². The average Bonchev–Trinajstić information content (AvgIpc) is 3.04. The predicted octanol–water partition coefficient (Wildman–Crippen LogP) is 3.10. The number of ether oxygens (including phenoxy) is 1. The summed E-state index contributed by atoms with van der Waals surface area (Å²) in [6.45, 7) is 2.14. The van der Waals surface area contributed by atoms with E-state index in [1.54, 1.807) is 18.4 Å². The molecule has 2 heterocycles. The minimum atomic E-state index is 0.0536. The lowest BCUT2D eigenvalue weighted by molar-refractivity contribution is -0.125. The van der Waals surface area contributed by atoms with Crippen molar-refractivity contribution < 1.29 is 9.53 Å². The molecule has 0 atom stereocenters. The zero-order valence-corrected chi connectivity index (χ0v) is 15.5. The van der Waals surface area contributed by atoms with Crippen LogP contribution in [0.25, 0.3) is 10.2 Å². The van der Waals surface area contributed by atoms with Crippen LogP contribution in [0.5, 0.6) is 5.75 Å². The van der Waals surface area contributed by atoms with Gasteiger partial charge >= 0.3 is 0 Å². The van der Waals surface area contributed by atoms with E-state index < -0.39 is 0 Å². The van der Waals surface area contributed by atoms with Gasteiger partial charge in [0, 0.05) is 19.6 Å². The number of para-hydroxylation sites is 1. The van der Waals surface area contributed by atoms with Gasteiger partial charge in [0.2, 0.25) is 5.91 Å². The summed E-state index contributed by atoms with van der Waals surface area (Å²) in [6, 6.07) is 16.1. The Balaban J connectivity index is 1.24. The average molecular weight is 367 g/mol. The third-order valence-electron chi connectivity index (χ3n) is 4.68. The Hall–Kier alpha value is -2.60. The lowest BCUT2D eigenvalue weighted by Crippen LogP contribution is -2.54. The van der Waals surface area contributed by atoms with E-state index in [1.807, 2.05) is 42.5 Å². The second-order valence-electron chi connectivity index (χ2n) is 6.46. The number of hydrogen-bond donors (Lipinski definition) is 1. The molecule has 0 aliphatic carbocycles. The van der Waals surface area contributed by atoms with E-state index in [9.17, 15) is 4.79 Å². The van der Waals surface area contributed by atoms with E-state index in [0.717, 1.165) is 35.9 Å². The van der Waals surface area contributed by atoms with E-state index >= 15 is 0 Å². The quantitative estimate of drug-likeness (QED) is 0.727. The number of amides is 1. The zero-order chi connectivity index (χ0) is 17.9. The summed E-state index contributed by atoms with van der Waals surface area (Å²) >= 11 is 1.69. The van der Waals surface area contributed by atoms with Crippen LogP contribution in [0.2, 0.25) is 0 Å². The summed E-state index contributed by atoms with van der Waals surface area (Å²) in [5.41, 5.74) is 2.22. The molecule has 1 aliphatic heterocycles. The van der Waals surface area contributed by atoms with Gasteiger partial charge in [-0.2, -0.15) is 0 Å². The number of rotatable bonds is 6. The minimum absolute atomic E-state index is 0.0536. The number of benzene rings is 2. The second-order valence-corrected chi connectivity index (χ2v) is 7.46. The van der Waals surface area contributed by atoms with Gasteiger partial charge < -0.3 is 15.0 Å². The Morgan fingerprint density at radius 1 is 1.23 bits per heavy atom. The Morgan fingerprint density at radius 3 is 2.73 bits per heavy atom. The fourth-order valence-electron chi connectivity index (χ4n) is 3.06. The molecular weight excluding hydrogens is 346 g/mol. The highest BCUT2D eigenvalue weighted by Gasteiger charge is 2.34. The first-order valence-electron chi connectivity index (χ1n) is 8.74. The van der Waals surface area contributed by atoms with Crippen molar-refractivity contribution in [3.05, 3.63) is 54.1 Å². The number of methoxy groups -OCH3 is 1. The number of hydrogen-bond acceptors (Lipinski definition) is 5. The molecule has 0 saturated carbocycles. The van der Waals surface area contributed by atoms with Gasteiger partial charge in [-0.3, -0.25) is 4.79 Å². The number of anilines is 1. The van der Waals surface area contributed by atoms with Gasteiger partial charge in [0.1, 0.15) is 5.75 Å². The first kappa shape index (κ1) is 16.8. The highest BCUT2D eigenvalue weighted by molar-refractivity contribution is 7.22. The largest absolute Gasteiger partial charge is 0.497 e. The Morgan fingerprint density at radius 2 is 2.00 bits per heavy atom. The maximum Gasteiger partial charge on any atom is 0.226 e. The molecule has 3 aromatic rings. The summed E-state index contributed by atoms with van der Waals surface area (Å²) in [5.74, 6) is 1.04. The number of aromatic nitrogens is 1. The van der Waals surface area contributed by atoms with Crippen molar-refractivity contribution in [3.8, 4) is 5.75 Å². The van der Waals surface area contributed by atoms with Crippen molar-refractivity contribution in [2.24, 2.45) is 5.92 Å². The topological polar surface area (TPSA) is 54.5 Å². The number of nitrogens with zero attached hydrogens (tertiary/aromatic N) is 2. The van der Waals surface area contributed by atoms with Crippen LogP contribution < -0.4 is 15.0 Å². The van der Waals surface area contributed by atoms with Crippen LogP contribution in [0.15, 0.2) is 48.5 Å². The van der Waals surface area contributed by atoms with E-state index in [0.29, 0.717) is 6.54 Å². The summed E-state index contributed by atoms with van der Waals surface area (Å²) in [4.78, 5) is 19.1. The van der Waals surface area contributed by atoms with Crippen LogP contribution in [0.3, 0.4) is 0 Å². The highest BCUT2D eigenvalue weighted by Crippen LogP contribution is 2.32. The van der Waals surface area contributed by atoms with Gasteiger partial charge in [-0.15, -0.1) is 0 Å². The van der Waals surface area contributed by atoms with Crippen molar-refractivity contribution in [2.75, 3.05) is 31.6 Å². The van der Waals surface area contributed by atoms with Crippen molar-refractivity contribution in [1.82, 2.24) is 10.3 Å². The van der Waals surface area contributed by atoms with E-state index in [1.165, 1.54) is 10.3 Å². The van der Waals surface area contributed by atoms with E-state index in [4.69, 9.17) is 4.74 Å². The molecule has 1 fully saturated rings. The van der Waals surface area contributed by atoms with Crippen LogP contribution in [0.4, 0.5) is 5.13 Å². The molecule has 5 nitrogen and oxygen atoms in total. The molecule has 1 aromatic heterocycles. The molecule has 2 aromatic carbocycles. The molecule has 1 aliphatic rings. The first-order chi connectivity index (χ1) is 12.7. The van der Waals surface area contributed by atoms with Crippen molar-refractivity contribution in [3.63, 3.8) is 0 Å². The minimum Gasteiger partial charge on any atom is -0.497 e. The van der Waals surface area contributed by atoms with Crippen LogP contribution in [0.1, 0.15) is 5.56 Å². The van der Waals surface area contributed by atoms with Crippen LogP contribution in [0, 0.1) is 5.92 Å². The molecule has 6 heteroatoms. The van der Waals surface area contributed by atoms with Gasteiger partial charge in [-0.1, -0.05) is 35.6 Å². The molecule has 4 rings (SSSR count). The molecule has 134 valence electrons. The second kappa shape index (κ2) is 7.33. The number of fused-ring (bicyclic) bond motifs is 1. The first-order valence-corrected chi connectivity index (χ1v) is 9.56. The van der Waals surface area contributed by atoms with Crippen LogP contribution in [-0.4, -0.2) is 37.6 Å². The molecule has 1 amide bonds. The lowest BCUT2D eigenvalue weighted by atomic mass is 10.00. The Kier molecular flexibility index (Phi) is 4.75. The molecule has 0 radical (unpaired) electrons. The normalized spacial score (nSPS) is 14.3. The van der Waals surface area contributed by atoms with Gasteiger partial charge in [0.15, 0.2) is 5.13 Å². The summed E-state index contributed by atoms with van der Waals surface area (Å²) < 4.78 is 6.34. The monoisotopic (exact) mass is 367 g/mol. The number of carbonyl (C=O) groups is 1. The fraction of sp³-hybridized carbons (Fsp3) is 0.300. The lowest BCUT2D eigenvalue weighted by Gasteiger charge is -2.37. The number of nitrogens with one attached hydrogen (secondary N) is 1. The summed E-state index contributed by atoms with van der Waals surface area (Å²) in [6.07, 6.45) is 0.823. The Bertz CT molecular complexity index is 868. The van der Waals surface area contributed by atoms with Crippen molar-refractivity contribution in [2.45, 2.75) is 6.42 Å². The maximum absolute atomic E-state index is 12.3. The molecule has 26 heavy (non-hydrogen) atoms. The van der Waals surface area contributed by atoms with Gasteiger partial charge in [0.05, 0.1) is 23.2 Å². The van der Waals surface area contributed by atoms with E-state index in [-0.39, 0.29) is 11.8 Å². The third-order valence-corrected chi connectivity index (χ3v) is 5.77. The third kappa shape index (κ3) is 3.51. The predicted molar refractivity (Wildman–Crippen MR) is 105 cm³/mol. The van der Waals surface area contributed by atoms with Gasteiger partial charge in [-0.25, -0.2) is 4.98 Å². The van der Waals surface area contributed by atoms with Crippen LogP contribution >= 0.6 is 11.3 Å². The Labute approximate surface area is 156 Å². The van der Waals surface area contributed by atoms with E-state index in [2.05, 4.69) is 21.3 Å². The van der Waals surface area contributed by atoms with Gasteiger partial charge in [-0.05, 0) is 36.2 Å². The van der Waals surface area contributed by atoms with Crippen LogP contribution in [-0.2, 0) is 11.2 Å². The maximum atomic E-state index is 12.3. The molecule has 0 bridgehead atoms. The summed E-state index contributed by atoms with van der Waals surface area (Å²) in [5, 5.41) is 4.05. The highest BCUT2D eigenvalue weighted by atomic mass is 32.1. The molecular formula is C20H21N3O2S. The standard InChI is InChI=1S/C20H21N3O2S/c1-25-16-8-6-14(7-9-16)10-11-21-19(24)15-12-23(13-15)20-22-17-4-2-3-5-18(17)26-20/h2-9,15H,10-13H2,1H3,(H,21,24). The number of carbonyl (C=O) groups excluding carboxylic acids is 1. The molecule has 1 saturated heterocycles. The zero-order valence-electron chi connectivity index (χ0n) is 14.6.